The molecule has 0 aromatic heterocycles. The highest BCUT2D eigenvalue weighted by atomic mass is 16.6. The van der Waals surface area contributed by atoms with Crippen LogP contribution < -0.4 is 0 Å². The van der Waals surface area contributed by atoms with Crippen molar-refractivity contribution >= 4 is 6.09 Å². The van der Waals surface area contributed by atoms with Crippen molar-refractivity contribution in [3.8, 4) is 0 Å². The second kappa shape index (κ2) is 6.45. The summed E-state index contributed by atoms with van der Waals surface area (Å²) in [5.41, 5.74) is 0.981. The molecule has 2 heterocycles. The Kier molecular flexibility index (Phi) is 4.41. The van der Waals surface area contributed by atoms with Crippen molar-refractivity contribution in [2.45, 2.75) is 50.7 Å². The van der Waals surface area contributed by atoms with E-state index in [9.17, 15) is 9.90 Å². The lowest BCUT2D eigenvalue weighted by Crippen LogP contribution is -2.55. The molecule has 5 nitrogen and oxygen atoms in total. The van der Waals surface area contributed by atoms with Gasteiger partial charge in [0.25, 0.3) is 0 Å². The molecular weight excluding hydrogens is 270 g/mol. The van der Waals surface area contributed by atoms with Gasteiger partial charge in [-0.25, -0.2) is 4.79 Å². The smallest absolute Gasteiger partial charge is 0.410 e. The number of nitrogens with zero attached hydrogens (tertiary/aromatic N) is 1. The lowest BCUT2D eigenvalue weighted by Gasteiger charge is -2.44. The van der Waals surface area contributed by atoms with Crippen molar-refractivity contribution in [3.05, 3.63) is 35.9 Å². The van der Waals surface area contributed by atoms with Crippen molar-refractivity contribution in [1.29, 1.82) is 0 Å². The highest BCUT2D eigenvalue weighted by Gasteiger charge is 2.39. The maximum Gasteiger partial charge on any atom is 0.410 e. The van der Waals surface area contributed by atoms with E-state index >= 15 is 0 Å². The number of hydrogen-bond donors (Lipinski definition) is 1. The van der Waals surface area contributed by atoms with E-state index in [2.05, 4.69) is 0 Å². The van der Waals surface area contributed by atoms with Crippen LogP contribution in [0.15, 0.2) is 30.3 Å². The largest absolute Gasteiger partial charge is 0.445 e. The molecule has 114 valence electrons. The first-order valence-corrected chi connectivity index (χ1v) is 7.55. The number of piperidine rings is 1. The standard InChI is InChI=1S/C16H21NO4/c18-15-9-8-13-14(21-15)7-4-10-17(13)16(19)20-11-12-5-2-1-3-6-12/h1-3,5-6,13-15,18H,4,7-11H2/t13-,14+,15?/m0/s1. The molecule has 2 saturated heterocycles. The molecule has 1 amide bonds. The summed E-state index contributed by atoms with van der Waals surface area (Å²) < 4.78 is 11.0. The number of carbonyl (C=O) groups excluding carboxylic acids is 1. The van der Waals surface area contributed by atoms with Crippen molar-refractivity contribution in [2.24, 2.45) is 0 Å². The zero-order valence-corrected chi connectivity index (χ0v) is 12.0. The summed E-state index contributed by atoms with van der Waals surface area (Å²) in [6.07, 6.45) is 2.08. The molecule has 0 radical (unpaired) electrons. The summed E-state index contributed by atoms with van der Waals surface area (Å²) in [6.45, 7) is 0.991. The van der Waals surface area contributed by atoms with E-state index in [1.165, 1.54) is 0 Å². The first-order valence-electron chi connectivity index (χ1n) is 7.55. The van der Waals surface area contributed by atoms with Gasteiger partial charge < -0.3 is 19.5 Å². The minimum absolute atomic E-state index is 0.0328. The second-order valence-corrected chi connectivity index (χ2v) is 5.65. The van der Waals surface area contributed by atoms with Crippen LogP contribution in [0.25, 0.3) is 0 Å². The zero-order chi connectivity index (χ0) is 14.7. The summed E-state index contributed by atoms with van der Waals surface area (Å²) in [6, 6.07) is 9.70. The van der Waals surface area contributed by atoms with E-state index < -0.39 is 6.29 Å². The van der Waals surface area contributed by atoms with Crippen LogP contribution in [0.3, 0.4) is 0 Å². The quantitative estimate of drug-likeness (QED) is 0.908. The predicted octanol–water partition coefficient (Wildman–Crippen LogP) is 2.29. The van der Waals surface area contributed by atoms with Gasteiger partial charge in [0.1, 0.15) is 6.61 Å². The molecule has 1 aromatic rings. The Morgan fingerprint density at radius 2 is 2.10 bits per heavy atom. The molecule has 5 heteroatoms. The molecule has 1 unspecified atom stereocenters. The number of ether oxygens (including phenoxy) is 2. The summed E-state index contributed by atoms with van der Waals surface area (Å²) >= 11 is 0. The van der Waals surface area contributed by atoms with Crippen LogP contribution in [0, 0.1) is 0 Å². The Balaban J connectivity index is 1.58. The number of carbonyl (C=O) groups is 1. The maximum absolute atomic E-state index is 12.3. The summed E-state index contributed by atoms with van der Waals surface area (Å²) in [4.78, 5) is 14.1. The van der Waals surface area contributed by atoms with Crippen LogP contribution in [0.2, 0.25) is 0 Å². The highest BCUT2D eigenvalue weighted by Crippen LogP contribution is 2.30. The fraction of sp³-hybridized carbons (Fsp3) is 0.562. The SMILES string of the molecule is O=C(OCc1ccccc1)N1CCC[C@H]2OC(O)CC[C@@H]21. The number of aliphatic hydroxyl groups excluding tert-OH is 1. The molecule has 0 aliphatic carbocycles. The van der Waals surface area contributed by atoms with Crippen LogP contribution in [0.1, 0.15) is 31.2 Å². The van der Waals surface area contributed by atoms with E-state index in [1.54, 1.807) is 4.90 Å². The molecule has 2 fully saturated rings. The Hall–Kier alpha value is -1.59. The number of hydrogen-bond acceptors (Lipinski definition) is 4. The summed E-state index contributed by atoms with van der Waals surface area (Å²) in [5.74, 6) is 0. The van der Waals surface area contributed by atoms with Crippen molar-refractivity contribution in [2.75, 3.05) is 6.54 Å². The second-order valence-electron chi connectivity index (χ2n) is 5.65. The molecule has 0 saturated carbocycles. The van der Waals surface area contributed by atoms with Gasteiger partial charge in [-0.15, -0.1) is 0 Å². The van der Waals surface area contributed by atoms with E-state index in [0.29, 0.717) is 13.0 Å². The average molecular weight is 291 g/mol. The molecule has 1 N–H and O–H groups in total. The first kappa shape index (κ1) is 14.4. The Bertz CT molecular complexity index is 478. The number of fused-ring (bicyclic) bond motifs is 1. The van der Waals surface area contributed by atoms with E-state index in [1.807, 2.05) is 30.3 Å². The average Bonchev–Trinajstić information content (AvgIpc) is 2.52. The third-order valence-corrected chi connectivity index (χ3v) is 4.20. The summed E-state index contributed by atoms with van der Waals surface area (Å²) in [7, 11) is 0. The van der Waals surface area contributed by atoms with Gasteiger partial charge in [0.15, 0.2) is 6.29 Å². The third-order valence-electron chi connectivity index (χ3n) is 4.20. The first-order chi connectivity index (χ1) is 10.2. The number of benzene rings is 1. The molecular formula is C16H21NO4. The molecule has 1 aromatic carbocycles. The van der Waals surface area contributed by atoms with Gasteiger partial charge in [-0.05, 0) is 24.8 Å². The third kappa shape index (κ3) is 3.36. The van der Waals surface area contributed by atoms with Gasteiger partial charge in [-0.2, -0.15) is 0 Å². The highest BCUT2D eigenvalue weighted by molar-refractivity contribution is 5.68. The van der Waals surface area contributed by atoms with Crippen LogP contribution in [-0.2, 0) is 16.1 Å². The topological polar surface area (TPSA) is 59.0 Å². The zero-order valence-electron chi connectivity index (χ0n) is 12.0. The fourth-order valence-electron chi connectivity index (χ4n) is 3.13. The monoisotopic (exact) mass is 291 g/mol. The van der Waals surface area contributed by atoms with Crippen LogP contribution in [-0.4, -0.2) is 41.1 Å². The minimum Gasteiger partial charge on any atom is -0.445 e. The van der Waals surface area contributed by atoms with Crippen LogP contribution >= 0.6 is 0 Å². The van der Waals surface area contributed by atoms with E-state index in [4.69, 9.17) is 9.47 Å². The molecule has 2 aliphatic rings. The number of likely N-dealkylation sites (tertiary alicyclic amines) is 1. The van der Waals surface area contributed by atoms with E-state index in [-0.39, 0.29) is 24.8 Å². The number of rotatable bonds is 2. The lowest BCUT2D eigenvalue weighted by atomic mass is 9.93. The number of amides is 1. The minimum atomic E-state index is -0.688. The number of aliphatic hydroxyl groups is 1. The molecule has 21 heavy (non-hydrogen) atoms. The van der Waals surface area contributed by atoms with Crippen molar-refractivity contribution in [3.63, 3.8) is 0 Å². The molecule has 3 atom stereocenters. The van der Waals surface area contributed by atoms with Crippen molar-refractivity contribution < 1.29 is 19.4 Å². The fourth-order valence-corrected chi connectivity index (χ4v) is 3.13. The maximum atomic E-state index is 12.3. The van der Waals surface area contributed by atoms with Gasteiger partial charge in [0.05, 0.1) is 12.1 Å². The predicted molar refractivity (Wildman–Crippen MR) is 76.5 cm³/mol. The lowest BCUT2D eigenvalue weighted by molar-refractivity contribution is -0.194. The van der Waals surface area contributed by atoms with Crippen molar-refractivity contribution in [1.82, 2.24) is 4.90 Å². The van der Waals surface area contributed by atoms with Crippen LogP contribution in [0.4, 0.5) is 4.79 Å². The Morgan fingerprint density at radius 3 is 2.90 bits per heavy atom. The van der Waals surface area contributed by atoms with Gasteiger partial charge >= 0.3 is 6.09 Å². The van der Waals surface area contributed by atoms with E-state index in [0.717, 1.165) is 24.8 Å². The molecule has 3 rings (SSSR count). The molecule has 2 aliphatic heterocycles. The Labute approximate surface area is 124 Å². The normalized spacial score (nSPS) is 28.8. The van der Waals surface area contributed by atoms with Gasteiger partial charge in [0.2, 0.25) is 0 Å². The molecule has 0 spiro atoms. The van der Waals surface area contributed by atoms with Crippen LogP contribution in [0.5, 0.6) is 0 Å². The van der Waals surface area contributed by atoms with Gasteiger partial charge in [-0.3, -0.25) is 0 Å². The van der Waals surface area contributed by atoms with Gasteiger partial charge in [0, 0.05) is 13.0 Å². The Morgan fingerprint density at radius 1 is 1.29 bits per heavy atom. The van der Waals surface area contributed by atoms with Gasteiger partial charge in [-0.1, -0.05) is 30.3 Å². The molecule has 0 bridgehead atoms. The summed E-state index contributed by atoms with van der Waals surface area (Å²) in [5, 5.41) is 9.57.